The summed E-state index contributed by atoms with van der Waals surface area (Å²) in [5, 5.41) is 4.13. The molecule has 2 aromatic carbocycles. The Morgan fingerprint density at radius 3 is 2.78 bits per heavy atom. The molecule has 2 N–H and O–H groups in total. The SMILES string of the molecule is CCCS(=O)(=O)Nc1cc(F)cc(C(=O)c2ccc3nc(C4COCCN4)ccc3c2)c1. The number of nitrogens with zero attached hydrogens (tertiary/aromatic N) is 1. The number of halogens is 1. The highest BCUT2D eigenvalue weighted by molar-refractivity contribution is 7.92. The Labute approximate surface area is 186 Å². The Kier molecular flexibility index (Phi) is 6.50. The lowest BCUT2D eigenvalue weighted by atomic mass is 10.0. The third-order valence-corrected chi connectivity index (χ3v) is 6.65. The number of anilines is 1. The predicted molar refractivity (Wildman–Crippen MR) is 121 cm³/mol. The Morgan fingerprint density at radius 1 is 1.19 bits per heavy atom. The van der Waals surface area contributed by atoms with Crippen LogP contribution in [-0.4, -0.2) is 44.7 Å². The summed E-state index contributed by atoms with van der Waals surface area (Å²) < 4.78 is 46.0. The van der Waals surface area contributed by atoms with Crippen LogP contribution in [0.15, 0.2) is 48.5 Å². The number of carbonyl (C=O) groups is 1. The number of aromatic nitrogens is 1. The molecular weight excluding hydrogens is 433 g/mol. The van der Waals surface area contributed by atoms with E-state index in [1.165, 1.54) is 6.07 Å². The van der Waals surface area contributed by atoms with Crippen molar-refractivity contribution in [2.24, 2.45) is 0 Å². The smallest absolute Gasteiger partial charge is 0.232 e. The van der Waals surface area contributed by atoms with Crippen molar-refractivity contribution >= 4 is 32.4 Å². The molecule has 4 rings (SSSR count). The van der Waals surface area contributed by atoms with Crippen molar-refractivity contribution < 1.29 is 22.3 Å². The zero-order valence-corrected chi connectivity index (χ0v) is 18.4. The van der Waals surface area contributed by atoms with Crippen molar-refractivity contribution in [3.8, 4) is 0 Å². The number of carbonyl (C=O) groups excluding carboxylic acids is 1. The Hall–Kier alpha value is -2.88. The van der Waals surface area contributed by atoms with Gasteiger partial charge in [-0.15, -0.1) is 0 Å². The Morgan fingerprint density at radius 2 is 2.03 bits per heavy atom. The summed E-state index contributed by atoms with van der Waals surface area (Å²) in [7, 11) is -3.60. The van der Waals surface area contributed by atoms with Crippen molar-refractivity contribution in [2.45, 2.75) is 19.4 Å². The van der Waals surface area contributed by atoms with Gasteiger partial charge in [0, 0.05) is 23.1 Å². The summed E-state index contributed by atoms with van der Waals surface area (Å²) in [6.07, 6.45) is 0.424. The molecule has 0 saturated carbocycles. The molecule has 3 aromatic rings. The highest BCUT2D eigenvalue weighted by Crippen LogP contribution is 2.23. The lowest BCUT2D eigenvalue weighted by molar-refractivity contribution is 0.0757. The number of pyridine rings is 1. The highest BCUT2D eigenvalue weighted by Gasteiger charge is 2.18. The number of hydrogen-bond donors (Lipinski definition) is 2. The predicted octanol–water partition coefficient (Wildman–Crippen LogP) is 3.42. The van der Waals surface area contributed by atoms with Crippen LogP contribution in [0.25, 0.3) is 10.9 Å². The number of benzene rings is 2. The quantitative estimate of drug-likeness (QED) is 0.528. The fourth-order valence-corrected chi connectivity index (χ4v) is 4.79. The minimum Gasteiger partial charge on any atom is -0.378 e. The van der Waals surface area contributed by atoms with Crippen LogP contribution in [0.2, 0.25) is 0 Å². The number of ether oxygens (including phenoxy) is 1. The molecule has 168 valence electrons. The van der Waals surface area contributed by atoms with Crippen molar-refractivity contribution in [1.82, 2.24) is 10.3 Å². The van der Waals surface area contributed by atoms with E-state index in [9.17, 15) is 17.6 Å². The van der Waals surface area contributed by atoms with Gasteiger partial charge in [-0.05, 0) is 48.9 Å². The first-order chi connectivity index (χ1) is 15.3. The molecule has 1 aliphatic heterocycles. The van der Waals surface area contributed by atoms with Crippen LogP contribution in [0.4, 0.5) is 10.1 Å². The molecule has 1 saturated heterocycles. The summed E-state index contributed by atoms with van der Waals surface area (Å²) >= 11 is 0. The monoisotopic (exact) mass is 457 g/mol. The summed E-state index contributed by atoms with van der Waals surface area (Å²) in [5.41, 5.74) is 2.05. The molecule has 0 radical (unpaired) electrons. The summed E-state index contributed by atoms with van der Waals surface area (Å²) in [5.74, 6) is -1.19. The first-order valence-corrected chi connectivity index (χ1v) is 12.1. The van der Waals surface area contributed by atoms with Gasteiger partial charge in [-0.2, -0.15) is 0 Å². The van der Waals surface area contributed by atoms with Gasteiger partial charge in [0.1, 0.15) is 5.82 Å². The number of rotatable bonds is 7. The number of hydrogen-bond acceptors (Lipinski definition) is 6. The minimum absolute atomic E-state index is 0.0242. The van der Waals surface area contributed by atoms with Crippen LogP contribution in [0.3, 0.4) is 0 Å². The molecule has 7 nitrogen and oxygen atoms in total. The van der Waals surface area contributed by atoms with Crippen LogP contribution in [-0.2, 0) is 14.8 Å². The zero-order chi connectivity index (χ0) is 22.7. The molecule has 0 amide bonds. The average molecular weight is 458 g/mol. The summed E-state index contributed by atoms with van der Waals surface area (Å²) in [4.78, 5) is 17.7. The van der Waals surface area contributed by atoms with E-state index in [-0.39, 0.29) is 23.0 Å². The van der Waals surface area contributed by atoms with E-state index in [2.05, 4.69) is 15.0 Å². The van der Waals surface area contributed by atoms with Gasteiger partial charge in [0.2, 0.25) is 10.0 Å². The van der Waals surface area contributed by atoms with E-state index in [4.69, 9.17) is 4.74 Å². The van der Waals surface area contributed by atoms with E-state index < -0.39 is 21.6 Å². The summed E-state index contributed by atoms with van der Waals surface area (Å²) in [6.45, 7) is 3.73. The second-order valence-corrected chi connectivity index (χ2v) is 9.55. The van der Waals surface area contributed by atoms with Gasteiger partial charge < -0.3 is 10.1 Å². The molecule has 0 aliphatic carbocycles. The van der Waals surface area contributed by atoms with Gasteiger partial charge in [0.15, 0.2) is 5.78 Å². The van der Waals surface area contributed by atoms with Crippen LogP contribution in [0, 0.1) is 5.82 Å². The minimum atomic E-state index is -3.60. The van der Waals surface area contributed by atoms with Crippen molar-refractivity contribution in [2.75, 3.05) is 30.2 Å². The Bertz CT molecular complexity index is 1260. The van der Waals surface area contributed by atoms with Crippen LogP contribution < -0.4 is 10.0 Å². The zero-order valence-electron chi connectivity index (χ0n) is 17.6. The maximum absolute atomic E-state index is 14.1. The third-order valence-electron chi connectivity index (χ3n) is 5.16. The molecular formula is C23H24FN3O4S. The van der Waals surface area contributed by atoms with E-state index in [1.54, 1.807) is 25.1 Å². The fraction of sp³-hybridized carbons (Fsp3) is 0.304. The number of sulfonamides is 1. The molecule has 1 atom stereocenters. The van der Waals surface area contributed by atoms with Gasteiger partial charge in [0.25, 0.3) is 0 Å². The molecule has 1 fully saturated rings. The molecule has 0 spiro atoms. The Balaban J connectivity index is 1.60. The third kappa shape index (κ3) is 5.12. The van der Waals surface area contributed by atoms with Gasteiger partial charge in [0.05, 0.1) is 41.9 Å². The largest absolute Gasteiger partial charge is 0.378 e. The molecule has 9 heteroatoms. The molecule has 2 heterocycles. The number of fused-ring (bicyclic) bond motifs is 1. The lowest BCUT2D eigenvalue weighted by Crippen LogP contribution is -2.35. The van der Waals surface area contributed by atoms with Crippen molar-refractivity contribution in [3.63, 3.8) is 0 Å². The first-order valence-electron chi connectivity index (χ1n) is 10.4. The molecule has 1 aliphatic rings. The number of nitrogens with one attached hydrogen (secondary N) is 2. The van der Waals surface area contributed by atoms with Gasteiger partial charge in [-0.25, -0.2) is 12.8 Å². The van der Waals surface area contributed by atoms with Gasteiger partial charge in [-0.1, -0.05) is 13.0 Å². The molecule has 32 heavy (non-hydrogen) atoms. The topological polar surface area (TPSA) is 97.4 Å². The maximum Gasteiger partial charge on any atom is 0.232 e. The normalized spacial score (nSPS) is 16.8. The van der Waals surface area contributed by atoms with E-state index in [0.29, 0.717) is 25.2 Å². The second-order valence-electron chi connectivity index (χ2n) is 7.70. The van der Waals surface area contributed by atoms with E-state index in [0.717, 1.165) is 35.3 Å². The number of morpholine rings is 1. The van der Waals surface area contributed by atoms with Crippen LogP contribution >= 0.6 is 0 Å². The standard InChI is InChI=1S/C23H24FN3O4S/c1-2-9-32(29,30)27-19-12-17(11-18(24)13-19)23(28)16-4-5-20-15(10-16)3-6-21(26-20)22-14-31-8-7-25-22/h3-6,10-13,22,25,27H,2,7-9,14H2,1H3. The summed E-state index contributed by atoms with van der Waals surface area (Å²) in [6, 6.07) is 12.4. The van der Waals surface area contributed by atoms with Crippen molar-refractivity contribution in [1.29, 1.82) is 0 Å². The molecule has 0 bridgehead atoms. The number of ketones is 1. The lowest BCUT2D eigenvalue weighted by Gasteiger charge is -2.23. The van der Waals surface area contributed by atoms with Crippen LogP contribution in [0.1, 0.15) is 41.0 Å². The maximum atomic E-state index is 14.1. The van der Waals surface area contributed by atoms with E-state index in [1.807, 2.05) is 12.1 Å². The fourth-order valence-electron chi connectivity index (χ4n) is 3.68. The average Bonchev–Trinajstić information content (AvgIpc) is 2.77. The van der Waals surface area contributed by atoms with Crippen molar-refractivity contribution in [3.05, 3.63) is 71.2 Å². The molecule has 1 unspecified atom stereocenters. The second kappa shape index (κ2) is 9.32. The van der Waals surface area contributed by atoms with Gasteiger partial charge >= 0.3 is 0 Å². The molecule has 1 aromatic heterocycles. The highest BCUT2D eigenvalue weighted by atomic mass is 32.2. The van der Waals surface area contributed by atoms with Crippen LogP contribution in [0.5, 0.6) is 0 Å². The van der Waals surface area contributed by atoms with Gasteiger partial charge in [-0.3, -0.25) is 14.5 Å². The first kappa shape index (κ1) is 22.3. The van der Waals surface area contributed by atoms with E-state index >= 15 is 0 Å².